The Morgan fingerprint density at radius 3 is 1.50 bits per heavy atom. The molecule has 36 heavy (non-hydrogen) atoms. The number of hydrogen-bond donors (Lipinski definition) is 1. The molecule has 0 radical (unpaired) electrons. The molecule has 0 aliphatic heterocycles. The molecule has 0 aromatic carbocycles. The van der Waals surface area contributed by atoms with Gasteiger partial charge in [-0.3, -0.25) is 34.0 Å². The molecule has 1 aromatic rings. The first-order valence-electron chi connectivity index (χ1n) is 11.3. The number of esters is 4. The number of allylic oxidation sites excluding steroid dienone is 1. The van der Waals surface area contributed by atoms with E-state index >= 15 is 0 Å². The van der Waals surface area contributed by atoms with Crippen molar-refractivity contribution < 1.29 is 43.2 Å². The van der Waals surface area contributed by atoms with Crippen LogP contribution in [0, 0.1) is 0 Å². The average molecular weight is 508 g/mol. The molecule has 1 aliphatic carbocycles. The highest BCUT2D eigenvalue weighted by Gasteiger charge is 2.23. The molecule has 0 saturated heterocycles. The molecule has 0 amide bonds. The normalized spacial score (nSPS) is 15.0. The fourth-order valence-corrected chi connectivity index (χ4v) is 3.76. The zero-order valence-corrected chi connectivity index (χ0v) is 21.0. The second-order valence-electron chi connectivity index (χ2n) is 8.19. The fourth-order valence-electron chi connectivity index (χ4n) is 3.76. The first kappa shape index (κ1) is 28.9. The minimum Gasteiger partial charge on any atom is -0.468 e. The van der Waals surface area contributed by atoms with Gasteiger partial charge < -0.3 is 24.1 Å². The van der Waals surface area contributed by atoms with Gasteiger partial charge in [0.15, 0.2) is 0 Å². The Morgan fingerprint density at radius 2 is 1.19 bits per heavy atom. The van der Waals surface area contributed by atoms with Crippen molar-refractivity contribution in [2.24, 2.45) is 0 Å². The average Bonchev–Trinajstić information content (AvgIpc) is 3.29. The van der Waals surface area contributed by atoms with E-state index in [-0.39, 0.29) is 39.3 Å². The number of hydrogen-bond acceptors (Lipinski definition) is 12. The topological polar surface area (TPSA) is 145 Å². The summed E-state index contributed by atoms with van der Waals surface area (Å²) in [5.41, 5.74) is 2.46. The largest absolute Gasteiger partial charge is 0.468 e. The molecule has 0 fully saturated rings. The van der Waals surface area contributed by atoms with Crippen LogP contribution in [0.15, 0.2) is 18.2 Å². The van der Waals surface area contributed by atoms with E-state index in [1.54, 1.807) is 12.1 Å². The van der Waals surface area contributed by atoms with Crippen molar-refractivity contribution >= 4 is 29.5 Å². The predicted octanol–water partition coefficient (Wildman–Crippen LogP) is -0.0843. The van der Waals surface area contributed by atoms with E-state index in [1.165, 1.54) is 38.2 Å². The molecular formula is C24H33N3O9. The molecule has 1 aliphatic rings. The van der Waals surface area contributed by atoms with Crippen LogP contribution in [0.4, 0.5) is 0 Å². The Hall–Kier alpha value is -3.35. The lowest BCUT2D eigenvalue weighted by Gasteiger charge is -2.22. The first-order chi connectivity index (χ1) is 17.2. The monoisotopic (exact) mass is 507 g/mol. The number of carbonyl (C=O) groups excluding carboxylic acids is 4. The summed E-state index contributed by atoms with van der Waals surface area (Å²) >= 11 is 0. The van der Waals surface area contributed by atoms with Crippen LogP contribution >= 0.6 is 0 Å². The van der Waals surface area contributed by atoms with Crippen molar-refractivity contribution in [3.63, 3.8) is 0 Å². The molecule has 0 saturated carbocycles. The summed E-state index contributed by atoms with van der Waals surface area (Å²) in [6.45, 7) is -0.487. The molecule has 1 atom stereocenters. The lowest BCUT2D eigenvalue weighted by molar-refractivity contribution is -0.147. The van der Waals surface area contributed by atoms with Crippen LogP contribution in [0.3, 0.4) is 0 Å². The highest BCUT2D eigenvalue weighted by molar-refractivity contribution is 5.76. The van der Waals surface area contributed by atoms with Crippen LogP contribution in [-0.4, -0.2) is 104 Å². The maximum Gasteiger partial charge on any atom is 0.319 e. The van der Waals surface area contributed by atoms with Crippen LogP contribution in [0.1, 0.15) is 29.8 Å². The molecule has 1 N–H and O–H groups in total. The zero-order chi connectivity index (χ0) is 26.7. The number of carbonyl (C=O) groups is 4. The van der Waals surface area contributed by atoms with Crippen LogP contribution in [0.2, 0.25) is 0 Å². The van der Waals surface area contributed by atoms with Gasteiger partial charge in [0.1, 0.15) is 0 Å². The van der Waals surface area contributed by atoms with Crippen LogP contribution in [0.25, 0.3) is 5.57 Å². The highest BCUT2D eigenvalue weighted by atomic mass is 16.5. The van der Waals surface area contributed by atoms with Gasteiger partial charge in [-0.05, 0) is 36.1 Å². The van der Waals surface area contributed by atoms with Crippen molar-refractivity contribution in [1.29, 1.82) is 0 Å². The van der Waals surface area contributed by atoms with E-state index in [0.717, 1.165) is 12.0 Å². The van der Waals surface area contributed by atoms with Gasteiger partial charge in [0.25, 0.3) is 0 Å². The molecule has 1 aromatic heterocycles. The quantitative estimate of drug-likeness (QED) is 0.281. The summed E-state index contributed by atoms with van der Waals surface area (Å²) in [5.74, 6) is -2.14. The Bertz CT molecular complexity index is 883. The number of ether oxygens (including phenoxy) is 4. The Morgan fingerprint density at radius 1 is 0.806 bits per heavy atom. The van der Waals surface area contributed by atoms with Crippen LogP contribution in [-0.2, 0) is 51.2 Å². The second kappa shape index (κ2) is 14.3. The van der Waals surface area contributed by atoms with E-state index in [9.17, 15) is 24.3 Å². The molecule has 12 nitrogen and oxygen atoms in total. The molecule has 198 valence electrons. The van der Waals surface area contributed by atoms with E-state index in [1.807, 2.05) is 6.08 Å². The number of aliphatic hydroxyl groups is 1. The zero-order valence-electron chi connectivity index (χ0n) is 21.0. The van der Waals surface area contributed by atoms with E-state index in [2.05, 4.69) is 4.98 Å². The molecule has 2 rings (SSSR count). The van der Waals surface area contributed by atoms with Gasteiger partial charge in [-0.2, -0.15) is 0 Å². The maximum absolute atomic E-state index is 11.9. The van der Waals surface area contributed by atoms with Gasteiger partial charge in [-0.15, -0.1) is 0 Å². The van der Waals surface area contributed by atoms with E-state index in [0.29, 0.717) is 23.4 Å². The summed E-state index contributed by atoms with van der Waals surface area (Å²) in [4.78, 5) is 55.3. The van der Waals surface area contributed by atoms with E-state index < -0.39 is 30.0 Å². The van der Waals surface area contributed by atoms with Crippen molar-refractivity contribution in [2.45, 2.75) is 32.0 Å². The maximum atomic E-state index is 11.9. The number of methoxy groups -OCH3 is 4. The Labute approximate surface area is 209 Å². The minimum absolute atomic E-state index is 0.0996. The summed E-state index contributed by atoms with van der Waals surface area (Å²) in [5, 5.41) is 10.4. The van der Waals surface area contributed by atoms with Crippen molar-refractivity contribution in [2.75, 3.05) is 54.6 Å². The molecule has 0 bridgehead atoms. The standard InChI is InChI=1S/C24H33N3O9/c1-33-21(29)12-26(13-22(30)34-2)10-17-8-16(19-6-5-7-20(19)28)9-18(25-17)11-27(14-23(31)35-3)15-24(32)36-4/h6,8-9,20,28H,5,7,10-15H2,1-4H3. The SMILES string of the molecule is COC(=O)CN(CC(=O)OC)Cc1cc(C2=CCCC2O)cc(CN(CC(=O)OC)CC(=O)OC)n1. The number of nitrogens with zero attached hydrogens (tertiary/aromatic N) is 3. The van der Waals surface area contributed by atoms with E-state index in [4.69, 9.17) is 18.9 Å². The Kier molecular flexibility index (Phi) is 11.4. The lowest BCUT2D eigenvalue weighted by Crippen LogP contribution is -2.36. The van der Waals surface area contributed by atoms with Gasteiger partial charge in [-0.25, -0.2) is 0 Å². The molecule has 1 heterocycles. The van der Waals surface area contributed by atoms with Gasteiger partial charge in [0.2, 0.25) is 0 Å². The summed E-state index contributed by atoms with van der Waals surface area (Å²) in [6.07, 6.45) is 2.61. The number of aromatic nitrogens is 1. The van der Waals surface area contributed by atoms with Crippen molar-refractivity contribution in [3.05, 3.63) is 35.2 Å². The second-order valence-corrected chi connectivity index (χ2v) is 8.19. The summed E-state index contributed by atoms with van der Waals surface area (Å²) in [7, 11) is 5.00. The lowest BCUT2D eigenvalue weighted by atomic mass is 10.0. The Balaban J connectivity index is 2.41. The smallest absolute Gasteiger partial charge is 0.319 e. The molecule has 0 spiro atoms. The van der Waals surface area contributed by atoms with Crippen molar-refractivity contribution in [3.8, 4) is 0 Å². The van der Waals surface area contributed by atoms with Gasteiger partial charge in [0.05, 0.1) is 72.1 Å². The van der Waals surface area contributed by atoms with Crippen LogP contribution < -0.4 is 0 Å². The third kappa shape index (κ3) is 9.02. The third-order valence-electron chi connectivity index (χ3n) is 5.52. The number of rotatable bonds is 13. The number of pyridine rings is 1. The summed E-state index contributed by atoms with van der Waals surface area (Å²) < 4.78 is 18.9. The first-order valence-corrected chi connectivity index (χ1v) is 11.3. The van der Waals surface area contributed by atoms with Crippen molar-refractivity contribution in [1.82, 2.24) is 14.8 Å². The fraction of sp³-hybridized carbons (Fsp3) is 0.542. The summed E-state index contributed by atoms with van der Waals surface area (Å²) in [6, 6.07) is 3.55. The highest BCUT2D eigenvalue weighted by Crippen LogP contribution is 2.29. The third-order valence-corrected chi connectivity index (χ3v) is 5.52. The minimum atomic E-state index is -0.643. The predicted molar refractivity (Wildman–Crippen MR) is 126 cm³/mol. The molecule has 1 unspecified atom stereocenters. The van der Waals surface area contributed by atoms with Gasteiger partial charge in [0, 0.05) is 13.1 Å². The van der Waals surface area contributed by atoms with Gasteiger partial charge >= 0.3 is 23.9 Å². The molecular weight excluding hydrogens is 474 g/mol. The number of aliphatic hydroxyl groups excluding tert-OH is 1. The van der Waals surface area contributed by atoms with Gasteiger partial charge in [-0.1, -0.05) is 6.08 Å². The van der Waals surface area contributed by atoms with Crippen LogP contribution in [0.5, 0.6) is 0 Å². The molecule has 12 heteroatoms.